The fourth-order valence-corrected chi connectivity index (χ4v) is 2.58. The van der Waals surface area contributed by atoms with Crippen molar-refractivity contribution >= 4 is 0 Å². The molecule has 1 aromatic heterocycles. The summed E-state index contributed by atoms with van der Waals surface area (Å²) in [5, 5.41) is 3.42. The monoisotopic (exact) mass is 276 g/mol. The van der Waals surface area contributed by atoms with Crippen molar-refractivity contribution in [2.75, 3.05) is 27.2 Å². The van der Waals surface area contributed by atoms with E-state index >= 15 is 0 Å². The zero-order valence-corrected chi connectivity index (χ0v) is 13.3. The summed E-state index contributed by atoms with van der Waals surface area (Å²) in [5.41, 5.74) is 2.44. The van der Waals surface area contributed by atoms with Gasteiger partial charge in [0.1, 0.15) is 0 Å². The summed E-state index contributed by atoms with van der Waals surface area (Å²) in [6.45, 7) is 8.54. The maximum atomic E-state index is 4.59. The molecule has 0 aliphatic carbocycles. The van der Waals surface area contributed by atoms with Gasteiger partial charge >= 0.3 is 0 Å². The van der Waals surface area contributed by atoms with Gasteiger partial charge in [-0.15, -0.1) is 0 Å². The van der Waals surface area contributed by atoms with Crippen molar-refractivity contribution < 1.29 is 0 Å². The van der Waals surface area contributed by atoms with Crippen LogP contribution < -0.4 is 5.32 Å². The number of nitrogens with one attached hydrogen (secondary N) is 1. The molecule has 112 valence electrons. The molecule has 0 amide bonds. The van der Waals surface area contributed by atoms with Crippen LogP contribution in [-0.4, -0.2) is 54.1 Å². The summed E-state index contributed by atoms with van der Waals surface area (Å²) in [4.78, 5) is 9.42. The van der Waals surface area contributed by atoms with Gasteiger partial charge in [0.25, 0.3) is 0 Å². The molecule has 2 heterocycles. The quantitative estimate of drug-likeness (QED) is 0.857. The highest BCUT2D eigenvalue weighted by Crippen LogP contribution is 2.15. The van der Waals surface area contributed by atoms with Gasteiger partial charge in [-0.1, -0.05) is 19.9 Å². The van der Waals surface area contributed by atoms with Crippen LogP contribution in [0.15, 0.2) is 18.3 Å². The molecule has 4 nitrogen and oxygen atoms in total. The van der Waals surface area contributed by atoms with E-state index in [0.29, 0.717) is 12.1 Å². The smallest absolute Gasteiger partial charge is 0.0544 e. The number of nitrogens with zero attached hydrogens (tertiary/aromatic N) is 3. The zero-order chi connectivity index (χ0) is 14.5. The van der Waals surface area contributed by atoms with Crippen molar-refractivity contribution in [3.05, 3.63) is 29.6 Å². The molecular weight excluding hydrogens is 248 g/mol. The van der Waals surface area contributed by atoms with Crippen LogP contribution in [0.25, 0.3) is 0 Å². The van der Waals surface area contributed by atoms with Gasteiger partial charge in [0, 0.05) is 44.5 Å². The van der Waals surface area contributed by atoms with Crippen molar-refractivity contribution in [2.45, 2.75) is 45.4 Å². The molecule has 1 aliphatic rings. The molecule has 1 aromatic rings. The Morgan fingerprint density at radius 3 is 2.75 bits per heavy atom. The molecule has 1 fully saturated rings. The van der Waals surface area contributed by atoms with E-state index in [0.717, 1.165) is 19.6 Å². The number of aromatic nitrogens is 1. The fraction of sp³-hybridized carbons (Fsp3) is 0.688. The molecule has 4 heteroatoms. The number of pyridine rings is 1. The lowest BCUT2D eigenvalue weighted by atomic mass is 10.2. The van der Waals surface area contributed by atoms with E-state index in [1.807, 2.05) is 6.20 Å². The molecule has 0 bridgehead atoms. The van der Waals surface area contributed by atoms with Crippen LogP contribution >= 0.6 is 0 Å². The lowest BCUT2D eigenvalue weighted by molar-refractivity contribution is 0.263. The summed E-state index contributed by atoms with van der Waals surface area (Å²) in [6, 6.07) is 5.57. The fourth-order valence-electron chi connectivity index (χ4n) is 2.58. The van der Waals surface area contributed by atoms with Crippen molar-refractivity contribution in [3.63, 3.8) is 0 Å². The van der Waals surface area contributed by atoms with Gasteiger partial charge < -0.3 is 10.2 Å². The SMILES string of the molecule is CC(C)NCc1ccc(CN2CCC(N(C)C)C2)nc1. The molecule has 1 atom stereocenters. The van der Waals surface area contributed by atoms with Crippen molar-refractivity contribution in [1.82, 2.24) is 20.1 Å². The average Bonchev–Trinajstić information content (AvgIpc) is 2.86. The highest BCUT2D eigenvalue weighted by Gasteiger charge is 2.23. The Morgan fingerprint density at radius 2 is 2.20 bits per heavy atom. The molecular formula is C16H28N4. The number of likely N-dealkylation sites (tertiary alicyclic amines) is 1. The van der Waals surface area contributed by atoms with E-state index in [1.165, 1.54) is 24.2 Å². The molecule has 0 radical (unpaired) electrons. The Labute approximate surface area is 123 Å². The summed E-state index contributed by atoms with van der Waals surface area (Å²) < 4.78 is 0. The second-order valence-electron chi connectivity index (χ2n) is 6.33. The van der Waals surface area contributed by atoms with Gasteiger partial charge in [-0.3, -0.25) is 9.88 Å². The van der Waals surface area contributed by atoms with Gasteiger partial charge in [0.2, 0.25) is 0 Å². The largest absolute Gasteiger partial charge is 0.310 e. The summed E-state index contributed by atoms with van der Waals surface area (Å²) in [7, 11) is 4.34. The maximum Gasteiger partial charge on any atom is 0.0544 e. The molecule has 1 aliphatic heterocycles. The summed E-state index contributed by atoms with van der Waals surface area (Å²) in [5.74, 6) is 0. The highest BCUT2D eigenvalue weighted by molar-refractivity contribution is 5.14. The van der Waals surface area contributed by atoms with E-state index in [4.69, 9.17) is 0 Å². The molecule has 0 aromatic carbocycles. The molecule has 1 N–H and O–H groups in total. The van der Waals surface area contributed by atoms with Crippen LogP contribution in [0.4, 0.5) is 0 Å². The topological polar surface area (TPSA) is 31.4 Å². The third-order valence-corrected chi connectivity index (χ3v) is 3.96. The minimum Gasteiger partial charge on any atom is -0.310 e. The highest BCUT2D eigenvalue weighted by atomic mass is 15.2. The first-order valence-electron chi connectivity index (χ1n) is 7.60. The van der Waals surface area contributed by atoms with Gasteiger partial charge in [-0.05, 0) is 32.1 Å². The Morgan fingerprint density at radius 1 is 1.40 bits per heavy atom. The first-order valence-corrected chi connectivity index (χ1v) is 7.60. The van der Waals surface area contributed by atoms with E-state index in [9.17, 15) is 0 Å². The van der Waals surface area contributed by atoms with E-state index in [-0.39, 0.29) is 0 Å². The Kier molecular flexibility index (Phi) is 5.52. The van der Waals surface area contributed by atoms with Crippen LogP contribution in [0.5, 0.6) is 0 Å². The molecule has 1 unspecified atom stereocenters. The molecule has 20 heavy (non-hydrogen) atoms. The minimum atomic E-state index is 0.516. The first kappa shape index (κ1) is 15.4. The van der Waals surface area contributed by atoms with Crippen molar-refractivity contribution in [3.8, 4) is 0 Å². The third kappa shape index (κ3) is 4.54. The number of hydrogen-bond acceptors (Lipinski definition) is 4. The normalized spacial score (nSPS) is 20.2. The zero-order valence-electron chi connectivity index (χ0n) is 13.3. The average molecular weight is 276 g/mol. The van der Waals surface area contributed by atoms with Crippen LogP contribution in [0.1, 0.15) is 31.5 Å². The van der Waals surface area contributed by atoms with Gasteiger partial charge in [0.05, 0.1) is 5.69 Å². The number of likely N-dealkylation sites (N-methyl/N-ethyl adjacent to an activating group) is 1. The second kappa shape index (κ2) is 7.16. The molecule has 2 rings (SSSR count). The lowest BCUT2D eigenvalue weighted by Crippen LogP contribution is -2.31. The number of rotatable bonds is 6. The molecule has 1 saturated heterocycles. The van der Waals surface area contributed by atoms with Gasteiger partial charge in [-0.2, -0.15) is 0 Å². The Balaban J connectivity index is 1.82. The maximum absolute atomic E-state index is 4.59. The van der Waals surface area contributed by atoms with E-state index in [2.05, 4.69) is 60.2 Å². The van der Waals surface area contributed by atoms with Crippen LogP contribution in [0.2, 0.25) is 0 Å². The minimum absolute atomic E-state index is 0.516. The van der Waals surface area contributed by atoms with Crippen LogP contribution in [-0.2, 0) is 13.1 Å². The summed E-state index contributed by atoms with van der Waals surface area (Å²) in [6.07, 6.45) is 3.27. The summed E-state index contributed by atoms with van der Waals surface area (Å²) >= 11 is 0. The van der Waals surface area contributed by atoms with E-state index in [1.54, 1.807) is 0 Å². The van der Waals surface area contributed by atoms with Crippen molar-refractivity contribution in [2.24, 2.45) is 0 Å². The standard InChI is InChI=1S/C16H28N4/c1-13(2)17-9-14-5-6-15(18-10-14)11-20-8-7-16(12-20)19(3)4/h5-6,10,13,16-17H,7-9,11-12H2,1-4H3. The molecule has 0 spiro atoms. The van der Waals surface area contributed by atoms with Gasteiger partial charge in [-0.25, -0.2) is 0 Å². The van der Waals surface area contributed by atoms with Crippen LogP contribution in [0, 0.1) is 0 Å². The van der Waals surface area contributed by atoms with E-state index < -0.39 is 0 Å². The second-order valence-corrected chi connectivity index (χ2v) is 6.33. The predicted molar refractivity (Wildman–Crippen MR) is 83.6 cm³/mol. The molecule has 0 saturated carbocycles. The Bertz CT molecular complexity index is 399. The third-order valence-electron chi connectivity index (χ3n) is 3.96. The lowest BCUT2D eigenvalue weighted by Gasteiger charge is -2.20. The number of hydrogen-bond donors (Lipinski definition) is 1. The van der Waals surface area contributed by atoms with Gasteiger partial charge in [0.15, 0.2) is 0 Å². The van der Waals surface area contributed by atoms with Crippen molar-refractivity contribution in [1.29, 1.82) is 0 Å². The first-order chi connectivity index (χ1) is 9.54. The predicted octanol–water partition coefficient (Wildman–Crippen LogP) is 1.72. The Hall–Kier alpha value is -0.970. The van der Waals surface area contributed by atoms with Crippen LogP contribution in [0.3, 0.4) is 0 Å².